The van der Waals surface area contributed by atoms with Crippen molar-refractivity contribution < 1.29 is 14.3 Å². The Kier molecular flexibility index (Phi) is 5.85. The van der Waals surface area contributed by atoms with Gasteiger partial charge in [0, 0.05) is 23.5 Å². The normalized spacial score (nSPS) is 13.5. The van der Waals surface area contributed by atoms with Crippen molar-refractivity contribution in [2.24, 2.45) is 0 Å². The number of hydrogen-bond donors (Lipinski definition) is 1. The van der Waals surface area contributed by atoms with Gasteiger partial charge < -0.3 is 10.1 Å². The van der Waals surface area contributed by atoms with Crippen LogP contribution in [0, 0.1) is 6.92 Å². The van der Waals surface area contributed by atoms with Crippen LogP contribution in [-0.2, 0) is 4.79 Å². The van der Waals surface area contributed by atoms with Crippen LogP contribution in [0.2, 0.25) is 0 Å². The molecule has 0 saturated carbocycles. The Morgan fingerprint density at radius 1 is 1.15 bits per heavy atom. The van der Waals surface area contributed by atoms with Gasteiger partial charge in [-0.15, -0.1) is 10.2 Å². The number of pyridine rings is 1. The van der Waals surface area contributed by atoms with E-state index in [0.29, 0.717) is 28.0 Å². The fraction of sp³-hybridized carbons (Fsp3) is 0.160. The van der Waals surface area contributed by atoms with E-state index in [1.165, 1.54) is 11.8 Å². The maximum atomic E-state index is 13.3. The summed E-state index contributed by atoms with van der Waals surface area (Å²) < 4.78 is 7.35. The first-order valence-electron chi connectivity index (χ1n) is 10.7. The third-order valence-corrected chi connectivity index (χ3v) is 6.50. The summed E-state index contributed by atoms with van der Waals surface area (Å²) >= 11 is 1.33. The number of thioether (sulfide) groups is 1. The molecule has 1 N–H and O–H groups in total. The Morgan fingerprint density at radius 2 is 2.00 bits per heavy atom. The van der Waals surface area contributed by atoms with Crippen LogP contribution in [-0.4, -0.2) is 43.3 Å². The number of carbonyl (C=O) groups is 2. The Hall–Kier alpha value is -3.98. The molecule has 1 aliphatic heterocycles. The molecule has 34 heavy (non-hydrogen) atoms. The highest BCUT2D eigenvalue weighted by Crippen LogP contribution is 2.34. The molecule has 0 saturated heterocycles. The van der Waals surface area contributed by atoms with Gasteiger partial charge in [0.2, 0.25) is 0 Å². The maximum absolute atomic E-state index is 13.3. The molecule has 1 unspecified atom stereocenters. The number of hydrogen-bond acceptors (Lipinski definition) is 7. The molecule has 1 atom stereocenters. The number of benzene rings is 2. The smallest absolute Gasteiger partial charge is 0.262 e. The number of rotatable bonds is 6. The topological polar surface area (TPSA) is 99.0 Å². The van der Waals surface area contributed by atoms with Gasteiger partial charge in [0.05, 0.1) is 16.6 Å². The molecule has 9 heteroatoms. The molecule has 2 aromatic heterocycles. The summed E-state index contributed by atoms with van der Waals surface area (Å²) in [7, 11) is 0. The molecule has 3 heterocycles. The van der Waals surface area contributed by atoms with Crippen molar-refractivity contribution >= 4 is 29.1 Å². The summed E-state index contributed by atoms with van der Waals surface area (Å²) in [6.45, 7) is 3.83. The van der Waals surface area contributed by atoms with E-state index in [1.807, 2.05) is 54.8 Å². The van der Waals surface area contributed by atoms with Gasteiger partial charge in [0.15, 0.2) is 23.4 Å². The number of Topliss-reactive ketones (excluding diaryl/α,β-unsaturated/α-hetero) is 1. The summed E-state index contributed by atoms with van der Waals surface area (Å²) in [4.78, 5) is 29.1. The molecule has 2 aromatic carbocycles. The number of amides is 1. The van der Waals surface area contributed by atoms with Crippen LogP contribution in [0.3, 0.4) is 0 Å². The molecule has 0 fully saturated rings. The molecule has 170 valence electrons. The van der Waals surface area contributed by atoms with Crippen LogP contribution >= 0.6 is 11.8 Å². The van der Waals surface area contributed by atoms with E-state index in [2.05, 4.69) is 20.5 Å². The number of nitrogens with one attached hydrogen (secondary N) is 1. The third kappa shape index (κ3) is 4.17. The SMILES string of the molecule is Cc1ccccc1-n1c(SC(C)C(=O)c2ccc3c(c2)NC(=O)CO3)nnc1-c1cccnc1. The number of ether oxygens (including phenoxy) is 1. The van der Waals surface area contributed by atoms with Gasteiger partial charge in [0.25, 0.3) is 5.91 Å². The van der Waals surface area contributed by atoms with E-state index < -0.39 is 5.25 Å². The lowest BCUT2D eigenvalue weighted by Crippen LogP contribution is -2.25. The summed E-state index contributed by atoms with van der Waals surface area (Å²) in [5, 5.41) is 11.8. The lowest BCUT2D eigenvalue weighted by molar-refractivity contribution is -0.118. The molecule has 5 rings (SSSR count). The van der Waals surface area contributed by atoms with E-state index in [9.17, 15) is 9.59 Å². The highest BCUT2D eigenvalue weighted by molar-refractivity contribution is 8.00. The second-order valence-electron chi connectivity index (χ2n) is 7.84. The monoisotopic (exact) mass is 471 g/mol. The molecule has 1 aliphatic rings. The standard InChI is InChI=1S/C25H21N5O3S/c1-15-6-3-4-8-20(15)30-24(18-7-5-11-26-13-18)28-29-25(30)34-16(2)23(32)17-9-10-21-19(12-17)27-22(31)14-33-21/h3-13,16H,14H2,1-2H3,(H,27,31). The number of ketones is 1. The minimum atomic E-state index is -0.452. The molecule has 4 aromatic rings. The van der Waals surface area contributed by atoms with Gasteiger partial charge in [0.1, 0.15) is 5.75 Å². The summed E-state index contributed by atoms with van der Waals surface area (Å²) in [6, 6.07) is 16.8. The number of carbonyl (C=O) groups excluding carboxylic acids is 2. The predicted molar refractivity (Wildman–Crippen MR) is 130 cm³/mol. The van der Waals surface area contributed by atoms with Crippen LogP contribution in [0.5, 0.6) is 5.75 Å². The first kappa shape index (κ1) is 21.8. The lowest BCUT2D eigenvalue weighted by Gasteiger charge is -2.19. The van der Waals surface area contributed by atoms with Crippen LogP contribution in [0.15, 0.2) is 72.1 Å². The molecule has 1 amide bonds. The van der Waals surface area contributed by atoms with Crippen LogP contribution in [0.1, 0.15) is 22.8 Å². The number of aryl methyl sites for hydroxylation is 1. The number of para-hydroxylation sites is 1. The second kappa shape index (κ2) is 9.11. The van der Waals surface area contributed by atoms with Crippen molar-refractivity contribution in [3.63, 3.8) is 0 Å². The molecule has 0 bridgehead atoms. The molecule has 0 spiro atoms. The maximum Gasteiger partial charge on any atom is 0.262 e. The quantitative estimate of drug-likeness (QED) is 0.330. The average molecular weight is 472 g/mol. The van der Waals surface area contributed by atoms with Crippen LogP contribution < -0.4 is 10.1 Å². The van der Waals surface area contributed by atoms with Crippen molar-refractivity contribution in [1.82, 2.24) is 19.7 Å². The van der Waals surface area contributed by atoms with Crippen molar-refractivity contribution in [2.75, 3.05) is 11.9 Å². The largest absolute Gasteiger partial charge is 0.482 e. The lowest BCUT2D eigenvalue weighted by atomic mass is 10.1. The van der Waals surface area contributed by atoms with E-state index >= 15 is 0 Å². The number of anilines is 1. The molecule has 8 nitrogen and oxygen atoms in total. The number of aromatic nitrogens is 4. The molecular formula is C25H21N5O3S. The summed E-state index contributed by atoms with van der Waals surface area (Å²) in [5.41, 5.74) is 3.80. The highest BCUT2D eigenvalue weighted by Gasteiger charge is 2.25. The second-order valence-corrected chi connectivity index (χ2v) is 9.15. The van der Waals surface area contributed by atoms with Crippen molar-refractivity contribution in [1.29, 1.82) is 0 Å². The minimum Gasteiger partial charge on any atom is -0.482 e. The number of fused-ring (bicyclic) bond motifs is 1. The summed E-state index contributed by atoms with van der Waals surface area (Å²) in [5.74, 6) is 0.874. The first-order chi connectivity index (χ1) is 16.5. The zero-order valence-electron chi connectivity index (χ0n) is 18.6. The Morgan fingerprint density at radius 3 is 2.79 bits per heavy atom. The predicted octanol–water partition coefficient (Wildman–Crippen LogP) is 4.33. The van der Waals surface area contributed by atoms with Gasteiger partial charge in [-0.25, -0.2) is 0 Å². The Bertz CT molecular complexity index is 1390. The molecule has 0 aliphatic carbocycles. The third-order valence-electron chi connectivity index (χ3n) is 5.46. The average Bonchev–Trinajstić information content (AvgIpc) is 3.27. The van der Waals surface area contributed by atoms with Crippen molar-refractivity contribution in [2.45, 2.75) is 24.3 Å². The van der Waals surface area contributed by atoms with Gasteiger partial charge >= 0.3 is 0 Å². The fourth-order valence-corrected chi connectivity index (χ4v) is 4.68. The number of nitrogens with zero attached hydrogens (tertiary/aromatic N) is 4. The van der Waals surface area contributed by atoms with E-state index in [4.69, 9.17) is 4.74 Å². The van der Waals surface area contributed by atoms with E-state index in [0.717, 1.165) is 16.8 Å². The minimum absolute atomic E-state index is 0.0274. The van der Waals surface area contributed by atoms with E-state index in [1.54, 1.807) is 30.6 Å². The molecule has 0 radical (unpaired) electrons. The van der Waals surface area contributed by atoms with Crippen LogP contribution in [0.25, 0.3) is 17.1 Å². The highest BCUT2D eigenvalue weighted by atomic mass is 32.2. The molecular weight excluding hydrogens is 450 g/mol. The van der Waals surface area contributed by atoms with E-state index in [-0.39, 0.29) is 18.3 Å². The van der Waals surface area contributed by atoms with Crippen molar-refractivity contribution in [3.05, 3.63) is 78.1 Å². The Labute approximate surface area is 200 Å². The van der Waals surface area contributed by atoms with Gasteiger partial charge in [-0.1, -0.05) is 30.0 Å². The fourth-order valence-electron chi connectivity index (χ4n) is 3.74. The Balaban J connectivity index is 1.48. The zero-order chi connectivity index (χ0) is 23.7. The first-order valence-corrected chi connectivity index (χ1v) is 11.6. The van der Waals surface area contributed by atoms with Gasteiger partial charge in [-0.3, -0.25) is 19.1 Å². The zero-order valence-corrected chi connectivity index (χ0v) is 19.4. The van der Waals surface area contributed by atoms with Crippen LogP contribution in [0.4, 0.5) is 5.69 Å². The van der Waals surface area contributed by atoms with Gasteiger partial charge in [-0.05, 0) is 55.8 Å². The van der Waals surface area contributed by atoms with Gasteiger partial charge in [-0.2, -0.15) is 0 Å². The van der Waals surface area contributed by atoms with Crippen molar-refractivity contribution in [3.8, 4) is 22.8 Å². The summed E-state index contributed by atoms with van der Waals surface area (Å²) in [6.07, 6.45) is 3.45.